The quantitative estimate of drug-likeness (QED) is 0.647. The van der Waals surface area contributed by atoms with Crippen LogP contribution in [0.2, 0.25) is 10.0 Å². The summed E-state index contributed by atoms with van der Waals surface area (Å²) in [7, 11) is 0. The molecule has 0 aromatic carbocycles. The predicted octanol–water partition coefficient (Wildman–Crippen LogP) is 2.60. The number of carbonyl (C=O) groups is 1. The standard InChI is InChI=1S/C13H15Cl2FN2O4/c1-6(13(19)21-5-7-3-2-4-20-7)22-12-9(15)10(17)8(14)11(16)18-12/h6-7H,2-5H2,1H3,(H2,17,18)/t6-,7?/m0/s1. The fraction of sp³-hybridized carbons (Fsp3) is 0.538. The Balaban J connectivity index is 1.96. The van der Waals surface area contributed by atoms with Crippen LogP contribution < -0.4 is 10.5 Å². The Labute approximate surface area is 136 Å². The molecule has 0 bridgehead atoms. The lowest BCUT2D eigenvalue weighted by Crippen LogP contribution is -2.29. The Morgan fingerprint density at radius 3 is 2.91 bits per heavy atom. The number of rotatable bonds is 5. The van der Waals surface area contributed by atoms with Gasteiger partial charge in [-0.2, -0.15) is 9.37 Å². The van der Waals surface area contributed by atoms with Crippen molar-refractivity contribution < 1.29 is 23.4 Å². The van der Waals surface area contributed by atoms with Crippen molar-refractivity contribution in [2.24, 2.45) is 0 Å². The van der Waals surface area contributed by atoms with Gasteiger partial charge in [-0.15, -0.1) is 0 Å². The van der Waals surface area contributed by atoms with E-state index in [9.17, 15) is 9.18 Å². The van der Waals surface area contributed by atoms with Gasteiger partial charge in [0.2, 0.25) is 11.8 Å². The summed E-state index contributed by atoms with van der Waals surface area (Å²) in [5, 5.41) is -0.559. The van der Waals surface area contributed by atoms with Crippen LogP contribution in [-0.2, 0) is 14.3 Å². The zero-order valence-electron chi connectivity index (χ0n) is 11.8. The smallest absolute Gasteiger partial charge is 0.347 e. The lowest BCUT2D eigenvalue weighted by atomic mass is 10.2. The highest BCUT2D eigenvalue weighted by atomic mass is 35.5. The monoisotopic (exact) mass is 352 g/mol. The van der Waals surface area contributed by atoms with Gasteiger partial charge in [-0.25, -0.2) is 4.79 Å². The van der Waals surface area contributed by atoms with E-state index in [1.807, 2.05) is 0 Å². The van der Waals surface area contributed by atoms with Crippen LogP contribution in [0.1, 0.15) is 19.8 Å². The van der Waals surface area contributed by atoms with Crippen molar-refractivity contribution in [3.05, 3.63) is 16.0 Å². The number of nitrogens with zero attached hydrogens (tertiary/aromatic N) is 1. The van der Waals surface area contributed by atoms with Crippen molar-refractivity contribution >= 4 is 34.9 Å². The molecule has 9 heteroatoms. The molecule has 0 spiro atoms. The zero-order chi connectivity index (χ0) is 16.3. The van der Waals surface area contributed by atoms with Crippen LogP contribution in [-0.4, -0.2) is 36.4 Å². The number of esters is 1. The Morgan fingerprint density at radius 2 is 2.27 bits per heavy atom. The largest absolute Gasteiger partial charge is 0.461 e. The highest BCUT2D eigenvalue weighted by molar-refractivity contribution is 6.39. The number of carbonyl (C=O) groups excluding carboxylic acids is 1. The van der Waals surface area contributed by atoms with Crippen molar-refractivity contribution in [2.75, 3.05) is 18.9 Å². The molecule has 1 aromatic heterocycles. The second-order valence-electron chi connectivity index (χ2n) is 4.77. The number of nitrogens with two attached hydrogens (primary N) is 1. The van der Waals surface area contributed by atoms with Gasteiger partial charge >= 0.3 is 5.97 Å². The van der Waals surface area contributed by atoms with E-state index in [4.69, 9.17) is 43.1 Å². The van der Waals surface area contributed by atoms with E-state index in [2.05, 4.69) is 4.98 Å². The van der Waals surface area contributed by atoms with Crippen molar-refractivity contribution in [2.45, 2.75) is 32.0 Å². The van der Waals surface area contributed by atoms with Gasteiger partial charge in [-0.1, -0.05) is 23.2 Å². The van der Waals surface area contributed by atoms with Gasteiger partial charge in [0.1, 0.15) is 16.7 Å². The maximum Gasteiger partial charge on any atom is 0.347 e. The number of ether oxygens (including phenoxy) is 3. The first-order valence-corrected chi connectivity index (χ1v) is 7.40. The molecule has 1 unspecified atom stereocenters. The summed E-state index contributed by atoms with van der Waals surface area (Å²) in [6, 6.07) is 0. The van der Waals surface area contributed by atoms with E-state index in [-0.39, 0.29) is 29.3 Å². The Kier molecular flexibility index (Phi) is 5.66. The third-order valence-electron chi connectivity index (χ3n) is 3.10. The van der Waals surface area contributed by atoms with Crippen LogP contribution in [0.4, 0.5) is 10.1 Å². The molecule has 1 aliphatic heterocycles. The highest BCUT2D eigenvalue weighted by Crippen LogP contribution is 2.35. The van der Waals surface area contributed by atoms with E-state index in [0.29, 0.717) is 6.61 Å². The fourth-order valence-corrected chi connectivity index (χ4v) is 2.24. The number of hydrogen-bond donors (Lipinski definition) is 1. The summed E-state index contributed by atoms with van der Waals surface area (Å²) in [4.78, 5) is 15.3. The number of halogens is 3. The van der Waals surface area contributed by atoms with Crippen molar-refractivity contribution in [3.63, 3.8) is 0 Å². The van der Waals surface area contributed by atoms with Crippen LogP contribution >= 0.6 is 23.2 Å². The van der Waals surface area contributed by atoms with Gasteiger partial charge in [0, 0.05) is 6.61 Å². The lowest BCUT2D eigenvalue weighted by Gasteiger charge is -2.16. The number of pyridine rings is 1. The lowest BCUT2D eigenvalue weighted by molar-refractivity contribution is -0.154. The van der Waals surface area contributed by atoms with E-state index in [1.165, 1.54) is 6.92 Å². The van der Waals surface area contributed by atoms with E-state index in [1.54, 1.807) is 0 Å². The number of nitrogen functional groups attached to an aromatic ring is 1. The molecular formula is C13H15Cl2FN2O4. The number of aromatic nitrogens is 1. The van der Waals surface area contributed by atoms with Gasteiger partial charge in [-0.3, -0.25) is 0 Å². The fourth-order valence-electron chi connectivity index (χ4n) is 1.87. The zero-order valence-corrected chi connectivity index (χ0v) is 13.3. The summed E-state index contributed by atoms with van der Waals surface area (Å²) >= 11 is 11.4. The van der Waals surface area contributed by atoms with Gasteiger partial charge in [-0.05, 0) is 19.8 Å². The van der Waals surface area contributed by atoms with Crippen LogP contribution in [0.3, 0.4) is 0 Å². The topological polar surface area (TPSA) is 83.7 Å². The molecule has 0 radical (unpaired) electrons. The SMILES string of the molecule is C[C@H](Oc1nc(F)c(Cl)c(N)c1Cl)C(=O)OCC1CCCO1. The summed E-state index contributed by atoms with van der Waals surface area (Å²) in [6.07, 6.45) is 0.652. The second kappa shape index (κ2) is 7.30. The van der Waals surface area contributed by atoms with Crippen molar-refractivity contribution in [3.8, 4) is 5.88 Å². The van der Waals surface area contributed by atoms with Gasteiger partial charge in [0.25, 0.3) is 0 Å². The Hall–Kier alpha value is -1.31. The average molecular weight is 353 g/mol. The molecule has 0 aliphatic carbocycles. The van der Waals surface area contributed by atoms with Crippen LogP contribution in [0, 0.1) is 5.95 Å². The molecule has 2 heterocycles. The maximum absolute atomic E-state index is 13.4. The van der Waals surface area contributed by atoms with Gasteiger partial charge in [0.05, 0.1) is 11.8 Å². The Morgan fingerprint density at radius 1 is 1.55 bits per heavy atom. The molecule has 1 aliphatic rings. The molecule has 1 saturated heterocycles. The summed E-state index contributed by atoms with van der Waals surface area (Å²) in [6.45, 7) is 2.24. The molecule has 2 atom stereocenters. The molecule has 122 valence electrons. The van der Waals surface area contributed by atoms with Crippen LogP contribution in [0.25, 0.3) is 0 Å². The van der Waals surface area contributed by atoms with E-state index >= 15 is 0 Å². The normalized spacial score (nSPS) is 19.0. The highest BCUT2D eigenvalue weighted by Gasteiger charge is 2.24. The van der Waals surface area contributed by atoms with E-state index in [0.717, 1.165) is 12.8 Å². The predicted molar refractivity (Wildman–Crippen MR) is 78.7 cm³/mol. The van der Waals surface area contributed by atoms with Crippen LogP contribution in [0.5, 0.6) is 5.88 Å². The van der Waals surface area contributed by atoms with Crippen molar-refractivity contribution in [1.29, 1.82) is 0 Å². The minimum Gasteiger partial charge on any atom is -0.461 e. The molecule has 2 N–H and O–H groups in total. The summed E-state index contributed by atoms with van der Waals surface area (Å²) in [5.41, 5.74) is 5.32. The molecule has 1 aromatic rings. The number of anilines is 1. The minimum absolute atomic E-state index is 0.0958. The first-order chi connectivity index (χ1) is 10.4. The van der Waals surface area contributed by atoms with Gasteiger partial charge < -0.3 is 19.9 Å². The van der Waals surface area contributed by atoms with E-state index < -0.39 is 23.0 Å². The molecule has 6 nitrogen and oxygen atoms in total. The molecule has 0 amide bonds. The van der Waals surface area contributed by atoms with Crippen molar-refractivity contribution in [1.82, 2.24) is 4.98 Å². The molecule has 1 fully saturated rings. The third-order valence-corrected chi connectivity index (χ3v) is 3.82. The summed E-state index contributed by atoms with van der Waals surface area (Å²) < 4.78 is 29.0. The third kappa shape index (κ3) is 3.91. The maximum atomic E-state index is 13.4. The minimum atomic E-state index is -1.04. The summed E-state index contributed by atoms with van der Waals surface area (Å²) in [5.74, 6) is -1.98. The van der Waals surface area contributed by atoms with Crippen LogP contribution in [0.15, 0.2) is 0 Å². The molecule has 2 rings (SSSR count). The molecule has 22 heavy (non-hydrogen) atoms. The molecule has 0 saturated carbocycles. The number of hydrogen-bond acceptors (Lipinski definition) is 6. The first kappa shape index (κ1) is 17.1. The average Bonchev–Trinajstić information content (AvgIpc) is 3.01. The molecular weight excluding hydrogens is 338 g/mol. The first-order valence-electron chi connectivity index (χ1n) is 6.65. The second-order valence-corrected chi connectivity index (χ2v) is 5.53. The van der Waals surface area contributed by atoms with Gasteiger partial charge in [0.15, 0.2) is 6.10 Å². The Bertz CT molecular complexity index is 567.